The third-order valence-electron chi connectivity index (χ3n) is 2.92. The number of rotatable bonds is 3. The summed E-state index contributed by atoms with van der Waals surface area (Å²) in [5.41, 5.74) is 4.35. The van der Waals surface area contributed by atoms with E-state index in [1.54, 1.807) is 12.1 Å². The van der Waals surface area contributed by atoms with Crippen LogP contribution in [0, 0.1) is 19.7 Å². The molecule has 1 nitrogen and oxygen atoms in total. The molecule has 1 N–H and O–H groups in total. The minimum Gasteiger partial charge on any atom is -0.381 e. The average Bonchev–Trinajstić information content (AvgIpc) is 2.37. The van der Waals surface area contributed by atoms with E-state index in [2.05, 4.69) is 47.2 Å². The highest BCUT2D eigenvalue weighted by molar-refractivity contribution is 9.10. The summed E-state index contributed by atoms with van der Waals surface area (Å²) in [4.78, 5) is 0. The van der Waals surface area contributed by atoms with Gasteiger partial charge in [0.15, 0.2) is 0 Å². The Hall–Kier alpha value is -1.06. The van der Waals surface area contributed by atoms with Crippen LogP contribution in [0.1, 0.15) is 16.7 Å². The summed E-state index contributed by atoms with van der Waals surface area (Å²) in [6, 6.07) is 8.90. The van der Waals surface area contributed by atoms with Crippen LogP contribution in [0.3, 0.4) is 0 Å². The van der Waals surface area contributed by atoms with E-state index in [0.29, 0.717) is 6.54 Å². The summed E-state index contributed by atoms with van der Waals surface area (Å²) in [5.74, 6) is -0.388. The molecule has 0 saturated carbocycles. The van der Waals surface area contributed by atoms with Gasteiger partial charge in [-0.1, -0.05) is 33.6 Å². The normalized spacial score (nSPS) is 10.6. The number of halogens is 3. The number of nitrogens with one attached hydrogen (secondary N) is 1. The van der Waals surface area contributed by atoms with E-state index < -0.39 is 0 Å². The lowest BCUT2D eigenvalue weighted by Gasteiger charge is -2.11. The van der Waals surface area contributed by atoms with Crippen molar-refractivity contribution in [3.63, 3.8) is 0 Å². The first-order valence-electron chi connectivity index (χ1n) is 5.92. The number of hydrogen-bond donors (Lipinski definition) is 1. The molecule has 0 fully saturated rings. The van der Waals surface area contributed by atoms with Gasteiger partial charge in [0.05, 0.1) is 5.02 Å². The predicted molar refractivity (Wildman–Crippen MR) is 82.4 cm³/mol. The van der Waals surface area contributed by atoms with Crippen LogP contribution in [-0.2, 0) is 6.54 Å². The van der Waals surface area contributed by atoms with Gasteiger partial charge in [-0.2, -0.15) is 0 Å². The van der Waals surface area contributed by atoms with E-state index in [4.69, 9.17) is 11.6 Å². The van der Waals surface area contributed by atoms with Crippen molar-refractivity contribution in [3.8, 4) is 0 Å². The molecule has 0 radical (unpaired) electrons. The standard InChI is InChI=1S/C15H14BrClFN/c1-9-5-12(6-10(2)15(9)16)19-8-11-3-4-14(18)13(17)7-11/h3-7,19H,8H2,1-2H3. The van der Waals surface area contributed by atoms with Gasteiger partial charge in [0.25, 0.3) is 0 Å². The second kappa shape index (κ2) is 5.93. The largest absolute Gasteiger partial charge is 0.381 e. The van der Waals surface area contributed by atoms with Gasteiger partial charge in [0, 0.05) is 16.7 Å². The van der Waals surface area contributed by atoms with Crippen molar-refractivity contribution in [2.75, 3.05) is 5.32 Å². The Bertz CT molecular complexity index is 590. The molecule has 2 aromatic carbocycles. The van der Waals surface area contributed by atoms with Crippen molar-refractivity contribution >= 4 is 33.2 Å². The van der Waals surface area contributed by atoms with Crippen LogP contribution in [0.4, 0.5) is 10.1 Å². The number of aryl methyl sites for hydroxylation is 2. The van der Waals surface area contributed by atoms with Crippen molar-refractivity contribution < 1.29 is 4.39 Å². The Morgan fingerprint density at radius 3 is 2.37 bits per heavy atom. The molecule has 0 unspecified atom stereocenters. The van der Waals surface area contributed by atoms with E-state index in [9.17, 15) is 4.39 Å². The minimum atomic E-state index is -0.388. The zero-order chi connectivity index (χ0) is 14.0. The highest BCUT2D eigenvalue weighted by Gasteiger charge is 2.04. The molecule has 0 spiro atoms. The summed E-state index contributed by atoms with van der Waals surface area (Å²) in [7, 11) is 0. The van der Waals surface area contributed by atoms with Crippen molar-refractivity contribution in [3.05, 3.63) is 62.3 Å². The summed E-state index contributed by atoms with van der Waals surface area (Å²) >= 11 is 9.30. The maximum Gasteiger partial charge on any atom is 0.141 e. The van der Waals surface area contributed by atoms with Gasteiger partial charge < -0.3 is 5.32 Å². The SMILES string of the molecule is Cc1cc(NCc2ccc(F)c(Cl)c2)cc(C)c1Br. The molecule has 0 aliphatic heterocycles. The van der Waals surface area contributed by atoms with E-state index >= 15 is 0 Å². The van der Waals surface area contributed by atoms with Crippen LogP contribution < -0.4 is 5.32 Å². The van der Waals surface area contributed by atoms with Crippen LogP contribution in [0.5, 0.6) is 0 Å². The lowest BCUT2D eigenvalue weighted by molar-refractivity contribution is 0.627. The molecule has 19 heavy (non-hydrogen) atoms. The molecule has 0 aliphatic carbocycles. The Kier molecular flexibility index (Phi) is 4.48. The zero-order valence-corrected chi connectivity index (χ0v) is 13.1. The maximum atomic E-state index is 13.1. The fourth-order valence-electron chi connectivity index (χ4n) is 1.90. The summed E-state index contributed by atoms with van der Waals surface area (Å²) in [6.45, 7) is 4.72. The molecule has 2 aromatic rings. The first kappa shape index (κ1) is 14.4. The maximum absolute atomic E-state index is 13.1. The van der Waals surface area contributed by atoms with Gasteiger partial charge in [-0.25, -0.2) is 4.39 Å². The Labute approximate surface area is 125 Å². The van der Waals surface area contributed by atoms with E-state index in [1.807, 2.05) is 0 Å². The van der Waals surface area contributed by atoms with Crippen LogP contribution >= 0.6 is 27.5 Å². The van der Waals surface area contributed by atoms with Gasteiger partial charge in [0.2, 0.25) is 0 Å². The monoisotopic (exact) mass is 341 g/mol. The average molecular weight is 343 g/mol. The molecular weight excluding hydrogens is 329 g/mol. The molecule has 100 valence electrons. The fraction of sp³-hybridized carbons (Fsp3) is 0.200. The molecule has 4 heteroatoms. The van der Waals surface area contributed by atoms with Gasteiger partial charge >= 0.3 is 0 Å². The Morgan fingerprint density at radius 2 is 1.79 bits per heavy atom. The molecule has 2 rings (SSSR count). The van der Waals surface area contributed by atoms with E-state index in [-0.39, 0.29) is 10.8 Å². The zero-order valence-electron chi connectivity index (χ0n) is 10.7. The van der Waals surface area contributed by atoms with Crippen molar-refractivity contribution in [2.24, 2.45) is 0 Å². The molecule has 0 amide bonds. The molecular formula is C15H14BrClFN. The summed E-state index contributed by atoms with van der Waals surface area (Å²) < 4.78 is 14.2. The molecule has 0 atom stereocenters. The number of benzene rings is 2. The van der Waals surface area contributed by atoms with E-state index in [0.717, 1.165) is 15.7 Å². The van der Waals surface area contributed by atoms with Gasteiger partial charge in [0.1, 0.15) is 5.82 Å². The van der Waals surface area contributed by atoms with Gasteiger partial charge in [-0.3, -0.25) is 0 Å². The molecule has 0 heterocycles. The highest BCUT2D eigenvalue weighted by atomic mass is 79.9. The molecule has 0 aromatic heterocycles. The first-order chi connectivity index (χ1) is 8.97. The van der Waals surface area contributed by atoms with Crippen LogP contribution in [0.2, 0.25) is 5.02 Å². The van der Waals surface area contributed by atoms with Crippen molar-refractivity contribution in [1.29, 1.82) is 0 Å². The summed E-state index contributed by atoms with van der Waals surface area (Å²) in [5, 5.41) is 3.47. The highest BCUT2D eigenvalue weighted by Crippen LogP contribution is 2.25. The third-order valence-corrected chi connectivity index (χ3v) is 4.46. The van der Waals surface area contributed by atoms with Crippen LogP contribution in [0.25, 0.3) is 0 Å². The quantitative estimate of drug-likeness (QED) is 0.780. The number of anilines is 1. The lowest BCUT2D eigenvalue weighted by Crippen LogP contribution is -2.00. The molecule has 0 bridgehead atoms. The van der Waals surface area contributed by atoms with Crippen molar-refractivity contribution in [2.45, 2.75) is 20.4 Å². The lowest BCUT2D eigenvalue weighted by atomic mass is 10.1. The fourth-order valence-corrected chi connectivity index (χ4v) is 2.33. The van der Waals surface area contributed by atoms with Crippen molar-refractivity contribution in [1.82, 2.24) is 0 Å². The second-order valence-corrected chi connectivity index (χ2v) is 5.73. The molecule has 0 aliphatic rings. The van der Waals surface area contributed by atoms with E-state index in [1.165, 1.54) is 17.2 Å². The topological polar surface area (TPSA) is 12.0 Å². The summed E-state index contributed by atoms with van der Waals surface area (Å²) in [6.07, 6.45) is 0. The predicted octanol–water partition coefficient (Wildman–Crippen LogP) is 5.47. The Balaban J connectivity index is 2.12. The Morgan fingerprint density at radius 1 is 1.16 bits per heavy atom. The van der Waals surface area contributed by atoms with Gasteiger partial charge in [-0.15, -0.1) is 0 Å². The second-order valence-electron chi connectivity index (χ2n) is 4.53. The van der Waals surface area contributed by atoms with Crippen LogP contribution in [0.15, 0.2) is 34.8 Å². The molecule has 0 saturated heterocycles. The minimum absolute atomic E-state index is 0.155. The third kappa shape index (κ3) is 3.48. The smallest absolute Gasteiger partial charge is 0.141 e. The first-order valence-corrected chi connectivity index (χ1v) is 7.09. The number of hydrogen-bond acceptors (Lipinski definition) is 1. The van der Waals surface area contributed by atoms with Crippen LogP contribution in [-0.4, -0.2) is 0 Å². The van der Waals surface area contributed by atoms with Gasteiger partial charge in [-0.05, 0) is 54.8 Å².